The lowest BCUT2D eigenvalue weighted by atomic mass is 9.95. The molecule has 3 amide bonds. The summed E-state index contributed by atoms with van der Waals surface area (Å²) in [6.45, 7) is 7.98. The van der Waals surface area contributed by atoms with Crippen molar-refractivity contribution in [1.82, 2.24) is 20.4 Å². The zero-order valence-electron chi connectivity index (χ0n) is 19.8. The molecule has 0 aliphatic carbocycles. The molecule has 33 heavy (non-hydrogen) atoms. The van der Waals surface area contributed by atoms with Gasteiger partial charge in [0.1, 0.15) is 11.4 Å². The minimum Gasteiger partial charge on any atom is -0.497 e. The highest BCUT2D eigenvalue weighted by atomic mass is 16.6. The van der Waals surface area contributed by atoms with Crippen molar-refractivity contribution in [3.05, 3.63) is 41.1 Å². The third-order valence-electron chi connectivity index (χ3n) is 5.41. The number of rotatable bonds is 5. The minimum absolute atomic E-state index is 0.340. The van der Waals surface area contributed by atoms with E-state index in [9.17, 15) is 14.4 Å². The quantitative estimate of drug-likeness (QED) is 0.647. The van der Waals surface area contributed by atoms with Gasteiger partial charge in [0.25, 0.3) is 0 Å². The summed E-state index contributed by atoms with van der Waals surface area (Å²) in [7, 11) is 2.88. The zero-order chi connectivity index (χ0) is 24.2. The van der Waals surface area contributed by atoms with Crippen LogP contribution in [0, 0.1) is 0 Å². The Morgan fingerprint density at radius 3 is 2.24 bits per heavy atom. The number of esters is 1. The third-order valence-corrected chi connectivity index (χ3v) is 5.41. The maximum Gasteiger partial charge on any atom is 0.410 e. The molecule has 0 spiro atoms. The number of carbonyl (C=O) groups is 3. The first-order chi connectivity index (χ1) is 15.6. The van der Waals surface area contributed by atoms with E-state index >= 15 is 0 Å². The summed E-state index contributed by atoms with van der Waals surface area (Å²) in [5.41, 5.74) is 1.01. The van der Waals surface area contributed by atoms with Crippen LogP contribution < -0.4 is 15.4 Å². The highest BCUT2D eigenvalue weighted by Gasteiger charge is 2.35. The van der Waals surface area contributed by atoms with Crippen molar-refractivity contribution >= 4 is 18.1 Å². The number of urea groups is 1. The van der Waals surface area contributed by atoms with Crippen LogP contribution in [0.1, 0.15) is 32.4 Å². The van der Waals surface area contributed by atoms with Gasteiger partial charge in [-0.3, -0.25) is 4.90 Å². The fourth-order valence-corrected chi connectivity index (χ4v) is 3.78. The number of ether oxygens (including phenoxy) is 3. The lowest BCUT2D eigenvalue weighted by Crippen LogP contribution is -2.53. The Balaban J connectivity index is 1.77. The molecule has 1 aromatic rings. The molecule has 1 saturated heterocycles. The average Bonchev–Trinajstić information content (AvgIpc) is 2.77. The predicted molar refractivity (Wildman–Crippen MR) is 121 cm³/mol. The fraction of sp³-hybridized carbons (Fsp3) is 0.522. The van der Waals surface area contributed by atoms with Gasteiger partial charge in [-0.05, 0) is 38.5 Å². The molecule has 3 rings (SSSR count). The molecule has 1 fully saturated rings. The number of methoxy groups -OCH3 is 2. The average molecular weight is 461 g/mol. The Labute approximate surface area is 193 Å². The number of carbonyl (C=O) groups excluding carboxylic acids is 3. The monoisotopic (exact) mass is 460 g/mol. The molecule has 2 N–H and O–H groups in total. The van der Waals surface area contributed by atoms with Gasteiger partial charge in [-0.1, -0.05) is 12.1 Å². The molecule has 0 aromatic heterocycles. The summed E-state index contributed by atoms with van der Waals surface area (Å²) >= 11 is 0. The summed E-state index contributed by atoms with van der Waals surface area (Å²) in [6.07, 6.45) is -0.341. The van der Waals surface area contributed by atoms with Crippen LogP contribution in [0.15, 0.2) is 35.5 Å². The number of amides is 3. The molecule has 1 aromatic carbocycles. The minimum atomic E-state index is -0.657. The third kappa shape index (κ3) is 6.16. The lowest BCUT2D eigenvalue weighted by Gasteiger charge is -2.37. The molecule has 10 heteroatoms. The van der Waals surface area contributed by atoms with E-state index in [0.29, 0.717) is 49.7 Å². The highest BCUT2D eigenvalue weighted by molar-refractivity contribution is 5.95. The smallest absolute Gasteiger partial charge is 0.410 e. The van der Waals surface area contributed by atoms with Gasteiger partial charge in [-0.25, -0.2) is 14.4 Å². The van der Waals surface area contributed by atoms with Crippen LogP contribution in [0.25, 0.3) is 0 Å². The first-order valence-corrected chi connectivity index (χ1v) is 10.8. The van der Waals surface area contributed by atoms with Gasteiger partial charge in [-0.15, -0.1) is 0 Å². The van der Waals surface area contributed by atoms with E-state index in [4.69, 9.17) is 14.2 Å². The Bertz CT molecular complexity index is 914. The Hall–Kier alpha value is -3.27. The van der Waals surface area contributed by atoms with Crippen molar-refractivity contribution < 1.29 is 28.6 Å². The predicted octanol–water partition coefficient (Wildman–Crippen LogP) is 2.03. The number of nitrogens with one attached hydrogen (secondary N) is 2. The van der Waals surface area contributed by atoms with Crippen LogP contribution in [0.5, 0.6) is 5.75 Å². The second-order valence-corrected chi connectivity index (χ2v) is 8.93. The molecule has 0 radical (unpaired) electrons. The summed E-state index contributed by atoms with van der Waals surface area (Å²) in [6, 6.07) is 6.09. The molecule has 180 valence electrons. The van der Waals surface area contributed by atoms with Gasteiger partial charge < -0.3 is 29.7 Å². The second kappa shape index (κ2) is 10.1. The van der Waals surface area contributed by atoms with Crippen LogP contribution in [0.4, 0.5) is 9.59 Å². The van der Waals surface area contributed by atoms with Crippen molar-refractivity contribution in [2.75, 3.05) is 46.9 Å². The largest absolute Gasteiger partial charge is 0.497 e. The maximum absolute atomic E-state index is 12.7. The molecule has 1 atom stereocenters. The summed E-state index contributed by atoms with van der Waals surface area (Å²) in [4.78, 5) is 41.2. The molecule has 2 aliphatic heterocycles. The van der Waals surface area contributed by atoms with Crippen LogP contribution >= 0.6 is 0 Å². The molecule has 0 saturated carbocycles. The molecule has 2 heterocycles. The summed E-state index contributed by atoms with van der Waals surface area (Å²) in [5, 5.41) is 5.58. The van der Waals surface area contributed by atoms with E-state index in [0.717, 1.165) is 5.56 Å². The fourth-order valence-electron chi connectivity index (χ4n) is 3.78. The molecular formula is C23H32N4O6. The van der Waals surface area contributed by atoms with Crippen LogP contribution in [0.2, 0.25) is 0 Å². The van der Waals surface area contributed by atoms with Crippen molar-refractivity contribution in [2.24, 2.45) is 0 Å². The van der Waals surface area contributed by atoms with Gasteiger partial charge in [0.15, 0.2) is 0 Å². The normalized spacial score (nSPS) is 19.5. The molecular weight excluding hydrogens is 428 g/mol. The van der Waals surface area contributed by atoms with E-state index in [2.05, 4.69) is 15.5 Å². The Morgan fingerprint density at radius 2 is 1.70 bits per heavy atom. The Morgan fingerprint density at radius 1 is 1.06 bits per heavy atom. The SMILES string of the molecule is COC(=O)C1=C(CN2CCN(C(=O)OC(C)(C)C)CC2)NC(=O)N[C@@H]1c1ccc(OC)cc1. The van der Waals surface area contributed by atoms with Crippen molar-refractivity contribution in [1.29, 1.82) is 0 Å². The first-order valence-electron chi connectivity index (χ1n) is 10.8. The topological polar surface area (TPSA) is 109 Å². The standard InChI is InChI=1S/C23H32N4O6/c1-23(2,3)33-22(30)27-12-10-26(11-13-27)14-17-18(20(28)32-5)19(25-21(29)24-17)15-6-8-16(31-4)9-7-15/h6-9,19H,10-14H2,1-5H3,(H2,24,25,29)/t19-/m1/s1. The van der Waals surface area contributed by atoms with Gasteiger partial charge in [0.2, 0.25) is 0 Å². The van der Waals surface area contributed by atoms with Crippen molar-refractivity contribution in [2.45, 2.75) is 32.4 Å². The van der Waals surface area contributed by atoms with E-state index in [1.54, 1.807) is 36.3 Å². The van der Waals surface area contributed by atoms with Crippen LogP contribution in [-0.2, 0) is 14.3 Å². The number of nitrogens with zero attached hydrogens (tertiary/aromatic N) is 2. The highest BCUT2D eigenvalue weighted by Crippen LogP contribution is 2.29. The maximum atomic E-state index is 12.7. The van der Waals surface area contributed by atoms with Crippen LogP contribution in [0.3, 0.4) is 0 Å². The Kier molecular flexibility index (Phi) is 7.47. The van der Waals surface area contributed by atoms with E-state index in [1.807, 2.05) is 20.8 Å². The van der Waals surface area contributed by atoms with Gasteiger partial charge in [-0.2, -0.15) is 0 Å². The molecule has 0 bridgehead atoms. The van der Waals surface area contributed by atoms with Gasteiger partial charge in [0.05, 0.1) is 25.8 Å². The molecule has 0 unspecified atom stereocenters. The van der Waals surface area contributed by atoms with E-state index in [-0.39, 0.29) is 6.09 Å². The number of hydrogen-bond donors (Lipinski definition) is 2. The summed E-state index contributed by atoms with van der Waals surface area (Å²) < 4.78 is 15.7. The van der Waals surface area contributed by atoms with Crippen molar-refractivity contribution in [3.63, 3.8) is 0 Å². The lowest BCUT2D eigenvalue weighted by molar-refractivity contribution is -0.136. The number of benzene rings is 1. The first kappa shape index (κ1) is 24.4. The van der Waals surface area contributed by atoms with Gasteiger partial charge in [0, 0.05) is 38.4 Å². The van der Waals surface area contributed by atoms with Crippen molar-refractivity contribution in [3.8, 4) is 5.75 Å². The van der Waals surface area contributed by atoms with Gasteiger partial charge >= 0.3 is 18.1 Å². The number of hydrogen-bond acceptors (Lipinski definition) is 7. The molecule has 10 nitrogen and oxygen atoms in total. The van der Waals surface area contributed by atoms with Crippen LogP contribution in [-0.4, -0.2) is 80.4 Å². The number of piperazine rings is 1. The van der Waals surface area contributed by atoms with E-state index in [1.165, 1.54) is 7.11 Å². The van der Waals surface area contributed by atoms with E-state index < -0.39 is 23.6 Å². The molecule has 2 aliphatic rings. The second-order valence-electron chi connectivity index (χ2n) is 8.93. The zero-order valence-corrected chi connectivity index (χ0v) is 19.8. The summed E-state index contributed by atoms with van der Waals surface area (Å²) in [5.74, 6) is 0.149.